The minimum absolute atomic E-state index is 0.244. The number of esters is 1. The maximum absolute atomic E-state index is 13.1. The minimum atomic E-state index is -4.37. The van der Waals surface area contributed by atoms with Gasteiger partial charge in [-0.05, 0) is 88.6 Å². The van der Waals surface area contributed by atoms with Crippen molar-refractivity contribution in [2.24, 2.45) is 5.92 Å². The fourth-order valence-corrected chi connectivity index (χ4v) is 5.92. The van der Waals surface area contributed by atoms with E-state index in [0.717, 1.165) is 42.5 Å². The van der Waals surface area contributed by atoms with E-state index in [4.69, 9.17) is 4.74 Å². The molecule has 0 saturated heterocycles. The van der Waals surface area contributed by atoms with Crippen molar-refractivity contribution in [2.75, 3.05) is 0 Å². The van der Waals surface area contributed by atoms with E-state index in [1.54, 1.807) is 20.8 Å². The van der Waals surface area contributed by atoms with Crippen molar-refractivity contribution in [3.63, 3.8) is 0 Å². The number of ether oxygens (including phenoxy) is 1. The number of aryl methyl sites for hydroxylation is 3. The van der Waals surface area contributed by atoms with Crippen LogP contribution in [0.2, 0.25) is 0 Å². The van der Waals surface area contributed by atoms with Gasteiger partial charge in [0.15, 0.2) is 10.7 Å². The smallest absolute Gasteiger partial charge is 0.310 e. The third-order valence-corrected chi connectivity index (χ3v) is 7.96. The highest BCUT2D eigenvalue weighted by molar-refractivity contribution is 7.89. The molecule has 9 nitrogen and oxygen atoms in total. The third kappa shape index (κ3) is 7.23. The molecule has 10 heteroatoms. The Morgan fingerprint density at radius 1 is 1.14 bits per heavy atom. The predicted molar refractivity (Wildman–Crippen MR) is 139 cm³/mol. The van der Waals surface area contributed by atoms with Crippen LogP contribution < -0.4 is 4.72 Å². The summed E-state index contributed by atoms with van der Waals surface area (Å²) in [7, 11) is -4.37. The normalized spacial score (nSPS) is 15.1. The Bertz CT molecular complexity index is 1310. The fraction of sp³-hybridized carbons (Fsp3) is 0.481. The molecule has 0 spiro atoms. The number of carbonyl (C=O) groups excluding carboxylic acids is 2. The molecule has 2 aromatic rings. The molecule has 0 fully saturated rings. The van der Waals surface area contributed by atoms with Crippen molar-refractivity contribution in [3.8, 4) is 0 Å². The number of nitrogens with one attached hydrogen (secondary N) is 1. The van der Waals surface area contributed by atoms with Gasteiger partial charge in [-0.1, -0.05) is 24.3 Å². The number of sulfonamides is 1. The van der Waals surface area contributed by atoms with Crippen LogP contribution in [0.1, 0.15) is 62.8 Å². The summed E-state index contributed by atoms with van der Waals surface area (Å²) < 4.78 is 33.6. The van der Waals surface area contributed by atoms with Crippen molar-refractivity contribution in [1.29, 1.82) is 0 Å². The Kier molecular flexibility index (Phi) is 8.54. The quantitative estimate of drug-likeness (QED) is 0.276. The third-order valence-electron chi connectivity index (χ3n) is 6.37. The van der Waals surface area contributed by atoms with E-state index < -0.39 is 54.8 Å². The van der Waals surface area contributed by atoms with Gasteiger partial charge in [-0.25, -0.2) is 13.1 Å². The van der Waals surface area contributed by atoms with Gasteiger partial charge < -0.3 is 4.74 Å². The molecule has 2 atom stereocenters. The van der Waals surface area contributed by atoms with Gasteiger partial charge in [0, 0.05) is 12.5 Å². The van der Waals surface area contributed by atoms with Crippen molar-refractivity contribution in [2.45, 2.75) is 83.3 Å². The van der Waals surface area contributed by atoms with Gasteiger partial charge in [0.25, 0.3) is 5.69 Å². The highest BCUT2D eigenvalue weighted by atomic mass is 32.2. The monoisotopic (exact) mass is 530 g/mol. The lowest BCUT2D eigenvalue weighted by atomic mass is 9.89. The van der Waals surface area contributed by atoms with Crippen LogP contribution in [-0.2, 0) is 43.6 Å². The van der Waals surface area contributed by atoms with Crippen LogP contribution in [-0.4, -0.2) is 36.7 Å². The number of fused-ring (bicyclic) bond motifs is 1. The maximum Gasteiger partial charge on any atom is 0.310 e. The Morgan fingerprint density at radius 3 is 2.38 bits per heavy atom. The largest absolute Gasteiger partial charge is 0.460 e. The van der Waals surface area contributed by atoms with Crippen LogP contribution in [0.25, 0.3) is 0 Å². The lowest BCUT2D eigenvalue weighted by Gasteiger charge is -2.25. The molecule has 0 heterocycles. The van der Waals surface area contributed by atoms with Gasteiger partial charge in [0.2, 0.25) is 10.0 Å². The van der Waals surface area contributed by atoms with Gasteiger partial charge in [-0.3, -0.25) is 19.7 Å². The number of hydrogen-bond donors (Lipinski definition) is 1. The predicted octanol–water partition coefficient (Wildman–Crippen LogP) is 4.22. The SMILES string of the molecule is Cc1cc2c(cc1C[C@H](CC(=O)[C@H](C)NS(=O)(=O)c1ccccc1[N+](=O)[O-])C(=O)OC(C)(C)C)CCC2. The molecule has 0 saturated carbocycles. The van der Waals surface area contributed by atoms with Crippen LogP contribution in [0.5, 0.6) is 0 Å². The molecule has 1 N–H and O–H groups in total. The number of hydrogen-bond acceptors (Lipinski definition) is 7. The second-order valence-corrected chi connectivity index (χ2v) is 12.3. The van der Waals surface area contributed by atoms with E-state index in [1.807, 2.05) is 6.92 Å². The second-order valence-electron chi connectivity index (χ2n) is 10.6. The number of ketones is 1. The summed E-state index contributed by atoms with van der Waals surface area (Å²) in [6, 6.07) is 7.94. The first-order valence-corrected chi connectivity index (χ1v) is 13.8. The van der Waals surface area contributed by atoms with Crippen molar-refractivity contribution in [3.05, 3.63) is 68.8 Å². The molecule has 0 amide bonds. The molecule has 0 unspecified atom stereocenters. The van der Waals surface area contributed by atoms with E-state index in [1.165, 1.54) is 30.2 Å². The molecule has 1 aliphatic carbocycles. The Balaban J connectivity index is 1.82. The van der Waals surface area contributed by atoms with Crippen molar-refractivity contribution >= 4 is 27.5 Å². The summed E-state index contributed by atoms with van der Waals surface area (Å²) in [4.78, 5) is 36.2. The van der Waals surface area contributed by atoms with Crippen LogP contribution in [0, 0.1) is 23.0 Å². The average molecular weight is 531 g/mol. The molecular weight excluding hydrogens is 496 g/mol. The first-order chi connectivity index (χ1) is 17.2. The standard InChI is InChI=1S/C27H34N2O7S/c1-17-13-19-9-8-10-20(19)14-21(17)15-22(26(31)36-27(3,4)5)16-24(30)18(2)28-37(34,35)25-12-7-6-11-23(25)29(32)33/h6-7,11-14,18,22,28H,8-10,15-16H2,1-5H3/t18-,22+/m0/s1. The number of carbonyl (C=O) groups is 2. The highest BCUT2D eigenvalue weighted by Gasteiger charge is 2.33. The lowest BCUT2D eigenvalue weighted by molar-refractivity contribution is -0.387. The number of nitro groups is 1. The van der Waals surface area contributed by atoms with Crippen LogP contribution in [0.4, 0.5) is 5.69 Å². The van der Waals surface area contributed by atoms with E-state index in [-0.39, 0.29) is 12.8 Å². The first-order valence-electron chi connectivity index (χ1n) is 12.3. The van der Waals surface area contributed by atoms with Crippen LogP contribution in [0.3, 0.4) is 0 Å². The van der Waals surface area contributed by atoms with Crippen molar-refractivity contribution < 1.29 is 27.7 Å². The van der Waals surface area contributed by atoms with Gasteiger partial charge in [-0.2, -0.15) is 0 Å². The molecule has 0 bridgehead atoms. The molecule has 3 rings (SSSR count). The Morgan fingerprint density at radius 2 is 1.76 bits per heavy atom. The number of nitrogens with zero attached hydrogens (tertiary/aromatic N) is 1. The lowest BCUT2D eigenvalue weighted by Crippen LogP contribution is -2.40. The summed E-state index contributed by atoms with van der Waals surface area (Å²) in [5, 5.41) is 11.3. The van der Waals surface area contributed by atoms with E-state index in [2.05, 4.69) is 16.9 Å². The first kappa shape index (κ1) is 28.5. The summed E-state index contributed by atoms with van der Waals surface area (Å²) in [5.41, 5.74) is 3.20. The van der Waals surface area contributed by atoms with Crippen LogP contribution in [0.15, 0.2) is 41.3 Å². The molecule has 37 heavy (non-hydrogen) atoms. The molecule has 1 aliphatic rings. The number of nitro benzene ring substituents is 1. The summed E-state index contributed by atoms with van der Waals surface area (Å²) in [5.74, 6) is -1.87. The highest BCUT2D eigenvalue weighted by Crippen LogP contribution is 2.29. The molecule has 2 aromatic carbocycles. The molecule has 200 valence electrons. The number of rotatable bonds is 10. The van der Waals surface area contributed by atoms with Gasteiger partial charge in [0.05, 0.1) is 16.9 Å². The zero-order valence-electron chi connectivity index (χ0n) is 21.9. The summed E-state index contributed by atoms with van der Waals surface area (Å²) in [6.45, 7) is 8.57. The fourth-order valence-electron chi connectivity index (χ4n) is 4.52. The Labute approximate surface area is 217 Å². The van der Waals surface area contributed by atoms with Crippen molar-refractivity contribution in [1.82, 2.24) is 4.72 Å². The molecule has 0 aromatic heterocycles. The number of benzene rings is 2. The van der Waals surface area contributed by atoms with E-state index in [0.29, 0.717) is 0 Å². The minimum Gasteiger partial charge on any atom is -0.460 e. The van der Waals surface area contributed by atoms with Gasteiger partial charge in [-0.15, -0.1) is 0 Å². The van der Waals surface area contributed by atoms with Crippen LogP contribution >= 0.6 is 0 Å². The molecule has 0 radical (unpaired) electrons. The number of Topliss-reactive ketones (excluding diaryl/α,β-unsaturated/α-hetero) is 1. The maximum atomic E-state index is 13.1. The topological polar surface area (TPSA) is 133 Å². The zero-order chi connectivity index (χ0) is 27.5. The second kappa shape index (κ2) is 11.1. The van der Waals surface area contributed by atoms with E-state index in [9.17, 15) is 28.1 Å². The van der Waals surface area contributed by atoms with E-state index >= 15 is 0 Å². The van der Waals surface area contributed by atoms with Gasteiger partial charge in [0.1, 0.15) is 5.60 Å². The molecule has 0 aliphatic heterocycles. The zero-order valence-corrected chi connectivity index (χ0v) is 22.7. The molecular formula is C27H34N2O7S. The Hall–Kier alpha value is -3.11. The average Bonchev–Trinajstić information content (AvgIpc) is 3.24. The summed E-state index contributed by atoms with van der Waals surface area (Å²) >= 11 is 0. The van der Waals surface area contributed by atoms with Gasteiger partial charge >= 0.3 is 5.97 Å². The number of para-hydroxylation sites is 1. The summed E-state index contributed by atoms with van der Waals surface area (Å²) in [6.07, 6.45) is 3.13.